The Bertz CT molecular complexity index is 815. The van der Waals surface area contributed by atoms with Crippen LogP contribution < -0.4 is 4.90 Å². The number of nitrogens with zero attached hydrogens (tertiary/aromatic N) is 4. The van der Waals surface area contributed by atoms with Crippen molar-refractivity contribution in [2.75, 3.05) is 31.1 Å². The minimum atomic E-state index is 0.964. The van der Waals surface area contributed by atoms with Gasteiger partial charge in [0.2, 0.25) is 0 Å². The van der Waals surface area contributed by atoms with E-state index in [4.69, 9.17) is 9.52 Å². The largest absolute Gasteiger partial charge is 0.472 e. The Morgan fingerprint density at radius 3 is 2.44 bits per heavy atom. The van der Waals surface area contributed by atoms with Crippen LogP contribution in [0.3, 0.4) is 0 Å². The Balaban J connectivity index is 1.49. The van der Waals surface area contributed by atoms with Gasteiger partial charge in [-0.3, -0.25) is 4.90 Å². The maximum absolute atomic E-state index is 5.17. The van der Waals surface area contributed by atoms with Crippen LogP contribution in [-0.2, 0) is 6.54 Å². The molecule has 0 N–H and O–H groups in total. The molecule has 5 nitrogen and oxygen atoms in total. The van der Waals surface area contributed by atoms with Crippen LogP contribution in [0.4, 0.5) is 5.69 Å². The number of piperazine rings is 1. The van der Waals surface area contributed by atoms with Crippen molar-refractivity contribution in [1.29, 1.82) is 0 Å². The van der Waals surface area contributed by atoms with Crippen LogP contribution in [0.2, 0.25) is 0 Å². The molecular weight excluding hydrogens is 312 g/mol. The highest BCUT2D eigenvalue weighted by atomic mass is 16.3. The van der Waals surface area contributed by atoms with E-state index in [1.807, 2.05) is 18.4 Å². The summed E-state index contributed by atoms with van der Waals surface area (Å²) in [7, 11) is 0. The van der Waals surface area contributed by atoms with E-state index in [0.29, 0.717) is 0 Å². The summed E-state index contributed by atoms with van der Waals surface area (Å²) in [6.07, 6.45) is 3.58. The summed E-state index contributed by atoms with van der Waals surface area (Å²) in [5.41, 5.74) is 5.97. The Morgan fingerprint density at radius 2 is 1.76 bits per heavy atom. The average molecular weight is 336 g/mol. The molecule has 25 heavy (non-hydrogen) atoms. The van der Waals surface area contributed by atoms with Crippen molar-refractivity contribution < 1.29 is 4.42 Å². The highest BCUT2D eigenvalue weighted by Crippen LogP contribution is 2.27. The number of benzene rings is 1. The first-order valence-electron chi connectivity index (χ1n) is 8.82. The van der Waals surface area contributed by atoms with Crippen molar-refractivity contribution in [2.24, 2.45) is 0 Å². The number of aromatic nitrogens is 2. The molecule has 130 valence electrons. The highest BCUT2D eigenvalue weighted by molar-refractivity contribution is 5.57. The van der Waals surface area contributed by atoms with Gasteiger partial charge in [0.15, 0.2) is 0 Å². The third-order valence-corrected chi connectivity index (χ3v) is 4.93. The van der Waals surface area contributed by atoms with E-state index in [1.165, 1.54) is 16.9 Å². The lowest BCUT2D eigenvalue weighted by molar-refractivity contribution is 0.249. The Hall–Kier alpha value is -2.53. The van der Waals surface area contributed by atoms with Gasteiger partial charge in [0.25, 0.3) is 0 Å². The fraction of sp³-hybridized carbons (Fsp3) is 0.350. The molecule has 1 aromatic carbocycles. The molecule has 3 heterocycles. The molecule has 0 amide bonds. The van der Waals surface area contributed by atoms with E-state index >= 15 is 0 Å². The maximum atomic E-state index is 5.17. The van der Waals surface area contributed by atoms with Crippen molar-refractivity contribution in [1.82, 2.24) is 14.7 Å². The molecule has 0 unspecified atom stereocenters. The van der Waals surface area contributed by atoms with Gasteiger partial charge in [-0.2, -0.15) is 5.10 Å². The first kappa shape index (κ1) is 16.0. The summed E-state index contributed by atoms with van der Waals surface area (Å²) >= 11 is 0. The van der Waals surface area contributed by atoms with Crippen LogP contribution in [0.15, 0.2) is 53.3 Å². The summed E-state index contributed by atoms with van der Waals surface area (Å²) in [4.78, 5) is 4.95. The summed E-state index contributed by atoms with van der Waals surface area (Å²) in [5.74, 6) is 0. The van der Waals surface area contributed by atoms with Crippen molar-refractivity contribution in [3.05, 3.63) is 65.9 Å². The third-order valence-electron chi connectivity index (χ3n) is 4.93. The number of aryl methyl sites for hydroxylation is 1. The molecule has 0 saturated carbocycles. The second-order valence-electron chi connectivity index (χ2n) is 6.66. The van der Waals surface area contributed by atoms with Crippen LogP contribution in [0, 0.1) is 13.8 Å². The predicted octanol–water partition coefficient (Wildman–Crippen LogP) is 3.40. The summed E-state index contributed by atoms with van der Waals surface area (Å²) in [6.45, 7) is 9.41. The van der Waals surface area contributed by atoms with E-state index in [-0.39, 0.29) is 0 Å². The number of anilines is 1. The second-order valence-corrected chi connectivity index (χ2v) is 6.66. The lowest BCUT2D eigenvalue weighted by Gasteiger charge is -2.36. The number of hydrogen-bond acceptors (Lipinski definition) is 4. The molecule has 1 aliphatic rings. The Labute approximate surface area is 148 Å². The van der Waals surface area contributed by atoms with Crippen molar-refractivity contribution in [3.8, 4) is 5.69 Å². The molecule has 3 aromatic rings. The third kappa shape index (κ3) is 3.20. The van der Waals surface area contributed by atoms with Crippen LogP contribution in [0.1, 0.15) is 17.0 Å². The maximum Gasteiger partial charge on any atom is 0.0947 e. The zero-order chi connectivity index (χ0) is 17.2. The molecule has 2 aromatic heterocycles. The lowest BCUT2D eigenvalue weighted by Crippen LogP contribution is -2.46. The van der Waals surface area contributed by atoms with E-state index < -0.39 is 0 Å². The number of hydrogen-bond donors (Lipinski definition) is 0. The topological polar surface area (TPSA) is 37.4 Å². The van der Waals surface area contributed by atoms with Crippen LogP contribution in [0.5, 0.6) is 0 Å². The molecule has 0 radical (unpaired) electrons. The van der Waals surface area contributed by atoms with Gasteiger partial charge in [0.05, 0.1) is 35.3 Å². The predicted molar refractivity (Wildman–Crippen MR) is 99.2 cm³/mol. The standard InChI is InChI=1S/C20H24N4O/c1-16-20(17(2)24(21-16)19-6-4-3-5-7-19)23-11-9-22(10-12-23)14-18-8-13-25-15-18/h3-8,13,15H,9-12,14H2,1-2H3. The molecule has 0 bridgehead atoms. The normalized spacial score (nSPS) is 15.7. The van der Waals surface area contributed by atoms with E-state index in [1.54, 1.807) is 6.26 Å². The van der Waals surface area contributed by atoms with Crippen molar-refractivity contribution in [2.45, 2.75) is 20.4 Å². The average Bonchev–Trinajstić information content (AvgIpc) is 3.25. The summed E-state index contributed by atoms with van der Waals surface area (Å²) in [5, 5.41) is 4.78. The molecule has 0 spiro atoms. The molecule has 0 atom stereocenters. The smallest absolute Gasteiger partial charge is 0.0947 e. The van der Waals surface area contributed by atoms with Gasteiger partial charge in [-0.25, -0.2) is 4.68 Å². The van der Waals surface area contributed by atoms with Gasteiger partial charge in [-0.05, 0) is 32.0 Å². The summed E-state index contributed by atoms with van der Waals surface area (Å²) < 4.78 is 7.23. The summed E-state index contributed by atoms with van der Waals surface area (Å²) in [6, 6.07) is 12.4. The zero-order valence-electron chi connectivity index (χ0n) is 14.9. The fourth-order valence-electron chi connectivity index (χ4n) is 3.68. The molecular formula is C20H24N4O. The van der Waals surface area contributed by atoms with Gasteiger partial charge in [-0.1, -0.05) is 18.2 Å². The molecule has 1 saturated heterocycles. The van der Waals surface area contributed by atoms with E-state index in [0.717, 1.165) is 44.1 Å². The fourth-order valence-corrected chi connectivity index (χ4v) is 3.68. The molecule has 5 heteroatoms. The lowest BCUT2D eigenvalue weighted by atomic mass is 10.2. The second kappa shape index (κ2) is 6.76. The monoisotopic (exact) mass is 336 g/mol. The quantitative estimate of drug-likeness (QED) is 0.732. The van der Waals surface area contributed by atoms with Gasteiger partial charge in [-0.15, -0.1) is 0 Å². The van der Waals surface area contributed by atoms with Crippen LogP contribution >= 0.6 is 0 Å². The zero-order valence-corrected chi connectivity index (χ0v) is 14.9. The number of rotatable bonds is 4. The number of para-hydroxylation sites is 1. The van der Waals surface area contributed by atoms with Gasteiger partial charge < -0.3 is 9.32 Å². The molecule has 1 aliphatic heterocycles. The van der Waals surface area contributed by atoms with E-state index in [2.05, 4.69) is 52.6 Å². The molecule has 1 fully saturated rings. The Morgan fingerprint density at radius 1 is 1.00 bits per heavy atom. The first-order valence-corrected chi connectivity index (χ1v) is 8.82. The molecule has 0 aliphatic carbocycles. The van der Waals surface area contributed by atoms with Crippen molar-refractivity contribution in [3.63, 3.8) is 0 Å². The van der Waals surface area contributed by atoms with Crippen LogP contribution in [0.25, 0.3) is 5.69 Å². The minimum absolute atomic E-state index is 0.964. The van der Waals surface area contributed by atoms with Crippen LogP contribution in [-0.4, -0.2) is 40.9 Å². The Kier molecular flexibility index (Phi) is 4.32. The van der Waals surface area contributed by atoms with Gasteiger partial charge in [0, 0.05) is 38.3 Å². The first-order chi connectivity index (χ1) is 12.2. The SMILES string of the molecule is Cc1nn(-c2ccccc2)c(C)c1N1CCN(Cc2ccoc2)CC1. The minimum Gasteiger partial charge on any atom is -0.472 e. The van der Waals surface area contributed by atoms with Gasteiger partial charge >= 0.3 is 0 Å². The van der Waals surface area contributed by atoms with E-state index in [9.17, 15) is 0 Å². The highest BCUT2D eigenvalue weighted by Gasteiger charge is 2.23. The number of furan rings is 1. The molecule has 4 rings (SSSR count). The van der Waals surface area contributed by atoms with Crippen molar-refractivity contribution >= 4 is 5.69 Å². The van der Waals surface area contributed by atoms with Gasteiger partial charge in [0.1, 0.15) is 0 Å².